The smallest absolute Gasteiger partial charge is 0.0634 e. The lowest BCUT2D eigenvalue weighted by molar-refractivity contribution is 1.36. The van der Waals surface area contributed by atoms with Crippen molar-refractivity contribution in [2.24, 2.45) is 0 Å². The third kappa shape index (κ3) is 2.39. The van der Waals surface area contributed by atoms with E-state index in [1.807, 2.05) is 48.7 Å². The Morgan fingerprint density at radius 3 is 2.58 bits per heavy atom. The van der Waals surface area contributed by atoms with Crippen molar-refractivity contribution in [3.63, 3.8) is 0 Å². The Morgan fingerprint density at radius 2 is 1.79 bits per heavy atom. The standard InChI is InChI=1S/C15H12BrN3/c16-11-2-4-12(5-3-11)19-14-6-1-10-9-18-8-7-13(10)15(14)17/h1-9,19H,17H2. The van der Waals surface area contributed by atoms with Gasteiger partial charge in [0, 0.05) is 33.3 Å². The third-order valence-electron chi connectivity index (χ3n) is 2.99. The number of nitrogens with two attached hydrogens (primary N) is 1. The number of pyridine rings is 1. The van der Waals surface area contributed by atoms with Crippen LogP contribution in [0.2, 0.25) is 0 Å². The van der Waals surface area contributed by atoms with Crippen molar-refractivity contribution >= 4 is 43.8 Å². The molecule has 0 radical (unpaired) electrons. The van der Waals surface area contributed by atoms with E-state index in [9.17, 15) is 0 Å². The van der Waals surface area contributed by atoms with Crippen molar-refractivity contribution in [2.75, 3.05) is 11.1 Å². The largest absolute Gasteiger partial charge is 0.397 e. The Labute approximate surface area is 119 Å². The van der Waals surface area contributed by atoms with Crippen molar-refractivity contribution in [2.45, 2.75) is 0 Å². The summed E-state index contributed by atoms with van der Waals surface area (Å²) in [4.78, 5) is 4.10. The van der Waals surface area contributed by atoms with E-state index in [1.54, 1.807) is 6.20 Å². The zero-order valence-corrected chi connectivity index (χ0v) is 11.7. The van der Waals surface area contributed by atoms with Crippen LogP contribution in [0.3, 0.4) is 0 Å². The highest BCUT2D eigenvalue weighted by atomic mass is 79.9. The zero-order valence-electron chi connectivity index (χ0n) is 10.1. The van der Waals surface area contributed by atoms with Crippen LogP contribution in [0.25, 0.3) is 10.8 Å². The summed E-state index contributed by atoms with van der Waals surface area (Å²) in [6.07, 6.45) is 3.57. The van der Waals surface area contributed by atoms with Crippen LogP contribution in [-0.2, 0) is 0 Å². The molecule has 0 unspecified atom stereocenters. The van der Waals surface area contributed by atoms with Gasteiger partial charge in [0.1, 0.15) is 0 Å². The summed E-state index contributed by atoms with van der Waals surface area (Å²) in [5.74, 6) is 0. The van der Waals surface area contributed by atoms with Gasteiger partial charge in [-0.25, -0.2) is 0 Å². The molecular formula is C15H12BrN3. The highest BCUT2D eigenvalue weighted by Gasteiger charge is 2.04. The Bertz CT molecular complexity index is 723. The normalized spacial score (nSPS) is 10.6. The van der Waals surface area contributed by atoms with E-state index in [-0.39, 0.29) is 0 Å². The summed E-state index contributed by atoms with van der Waals surface area (Å²) in [5, 5.41) is 5.38. The first-order chi connectivity index (χ1) is 9.24. The fourth-order valence-electron chi connectivity index (χ4n) is 1.99. The second kappa shape index (κ2) is 4.90. The maximum Gasteiger partial charge on any atom is 0.0634 e. The number of aromatic nitrogens is 1. The maximum absolute atomic E-state index is 6.20. The van der Waals surface area contributed by atoms with Gasteiger partial charge in [0.25, 0.3) is 0 Å². The number of nitrogens with one attached hydrogen (secondary N) is 1. The van der Waals surface area contributed by atoms with Crippen LogP contribution < -0.4 is 11.1 Å². The van der Waals surface area contributed by atoms with Crippen molar-refractivity contribution in [3.8, 4) is 0 Å². The van der Waals surface area contributed by atoms with Gasteiger partial charge in [-0.15, -0.1) is 0 Å². The quantitative estimate of drug-likeness (QED) is 0.693. The lowest BCUT2D eigenvalue weighted by Crippen LogP contribution is -1.97. The van der Waals surface area contributed by atoms with Crippen molar-refractivity contribution in [3.05, 3.63) is 59.3 Å². The summed E-state index contributed by atoms with van der Waals surface area (Å²) in [5.41, 5.74) is 8.84. The summed E-state index contributed by atoms with van der Waals surface area (Å²) >= 11 is 3.42. The Hall–Kier alpha value is -2.07. The van der Waals surface area contributed by atoms with Crippen LogP contribution in [-0.4, -0.2) is 4.98 Å². The summed E-state index contributed by atoms with van der Waals surface area (Å²) in [6, 6.07) is 13.9. The minimum absolute atomic E-state index is 0.739. The molecule has 94 valence electrons. The number of benzene rings is 2. The van der Waals surface area contributed by atoms with Gasteiger partial charge in [0.05, 0.1) is 11.4 Å². The van der Waals surface area contributed by atoms with E-state index in [2.05, 4.69) is 26.2 Å². The molecule has 1 heterocycles. The van der Waals surface area contributed by atoms with Gasteiger partial charge < -0.3 is 11.1 Å². The van der Waals surface area contributed by atoms with E-state index in [1.165, 1.54) is 0 Å². The number of hydrogen-bond acceptors (Lipinski definition) is 3. The molecule has 0 fully saturated rings. The lowest BCUT2D eigenvalue weighted by atomic mass is 10.1. The molecule has 3 nitrogen and oxygen atoms in total. The first kappa shape index (κ1) is 12.0. The minimum atomic E-state index is 0.739. The highest BCUT2D eigenvalue weighted by molar-refractivity contribution is 9.10. The molecule has 0 atom stereocenters. The fourth-order valence-corrected chi connectivity index (χ4v) is 2.25. The molecule has 0 saturated carbocycles. The van der Waals surface area contributed by atoms with Crippen LogP contribution >= 0.6 is 15.9 Å². The van der Waals surface area contributed by atoms with Gasteiger partial charge >= 0.3 is 0 Å². The molecule has 0 saturated heterocycles. The third-order valence-corrected chi connectivity index (χ3v) is 3.51. The number of rotatable bonds is 2. The van der Waals surface area contributed by atoms with Gasteiger partial charge in [-0.1, -0.05) is 22.0 Å². The lowest BCUT2D eigenvalue weighted by Gasteiger charge is -2.11. The average Bonchev–Trinajstić information content (AvgIpc) is 2.45. The molecule has 3 N–H and O–H groups in total. The van der Waals surface area contributed by atoms with E-state index in [0.717, 1.165) is 32.3 Å². The van der Waals surface area contributed by atoms with Crippen LogP contribution in [0.1, 0.15) is 0 Å². The first-order valence-corrected chi connectivity index (χ1v) is 6.68. The molecule has 0 bridgehead atoms. The van der Waals surface area contributed by atoms with Gasteiger partial charge in [-0.2, -0.15) is 0 Å². The monoisotopic (exact) mass is 313 g/mol. The molecule has 19 heavy (non-hydrogen) atoms. The van der Waals surface area contributed by atoms with Crippen LogP contribution in [0, 0.1) is 0 Å². The van der Waals surface area contributed by atoms with Crippen molar-refractivity contribution in [1.82, 2.24) is 4.98 Å². The van der Waals surface area contributed by atoms with E-state index in [4.69, 9.17) is 5.73 Å². The molecule has 0 spiro atoms. The molecular weight excluding hydrogens is 302 g/mol. The molecule has 0 aliphatic carbocycles. The molecule has 4 heteroatoms. The number of anilines is 3. The predicted octanol–water partition coefficient (Wildman–Crippen LogP) is 4.32. The molecule has 3 rings (SSSR count). The van der Waals surface area contributed by atoms with Crippen LogP contribution in [0.5, 0.6) is 0 Å². The van der Waals surface area contributed by atoms with E-state index >= 15 is 0 Å². The highest BCUT2D eigenvalue weighted by Crippen LogP contribution is 2.30. The van der Waals surface area contributed by atoms with Crippen LogP contribution in [0.15, 0.2) is 59.3 Å². The molecule has 0 aliphatic rings. The number of hydrogen-bond donors (Lipinski definition) is 2. The molecule has 0 amide bonds. The minimum Gasteiger partial charge on any atom is -0.397 e. The zero-order chi connectivity index (χ0) is 13.2. The number of fused-ring (bicyclic) bond motifs is 1. The van der Waals surface area contributed by atoms with Crippen LogP contribution in [0.4, 0.5) is 17.1 Å². The molecule has 1 aromatic heterocycles. The summed E-state index contributed by atoms with van der Waals surface area (Å²) in [6.45, 7) is 0. The Balaban J connectivity index is 2.01. The maximum atomic E-state index is 6.20. The predicted molar refractivity (Wildman–Crippen MR) is 83.6 cm³/mol. The second-order valence-corrected chi connectivity index (χ2v) is 5.17. The topological polar surface area (TPSA) is 50.9 Å². The van der Waals surface area contributed by atoms with E-state index in [0.29, 0.717) is 0 Å². The second-order valence-electron chi connectivity index (χ2n) is 4.26. The van der Waals surface area contributed by atoms with Gasteiger partial charge in [0.2, 0.25) is 0 Å². The summed E-state index contributed by atoms with van der Waals surface area (Å²) in [7, 11) is 0. The molecule has 0 aliphatic heterocycles. The Morgan fingerprint density at radius 1 is 1.00 bits per heavy atom. The Kier molecular flexibility index (Phi) is 3.09. The van der Waals surface area contributed by atoms with Gasteiger partial charge in [-0.05, 0) is 36.4 Å². The average molecular weight is 314 g/mol. The molecule has 3 aromatic rings. The number of nitrogens with zero attached hydrogens (tertiary/aromatic N) is 1. The summed E-state index contributed by atoms with van der Waals surface area (Å²) < 4.78 is 1.05. The fraction of sp³-hybridized carbons (Fsp3) is 0. The van der Waals surface area contributed by atoms with Gasteiger partial charge in [0.15, 0.2) is 0 Å². The van der Waals surface area contributed by atoms with Crippen molar-refractivity contribution < 1.29 is 0 Å². The number of nitrogen functional groups attached to an aromatic ring is 1. The van der Waals surface area contributed by atoms with Gasteiger partial charge in [-0.3, -0.25) is 4.98 Å². The first-order valence-electron chi connectivity index (χ1n) is 5.89. The van der Waals surface area contributed by atoms with Crippen molar-refractivity contribution in [1.29, 1.82) is 0 Å². The SMILES string of the molecule is Nc1c(Nc2ccc(Br)cc2)ccc2cnccc12. The van der Waals surface area contributed by atoms with E-state index < -0.39 is 0 Å². The molecule has 2 aromatic carbocycles. The number of halogens is 1.